The van der Waals surface area contributed by atoms with Crippen molar-refractivity contribution in [3.8, 4) is 11.1 Å². The van der Waals surface area contributed by atoms with E-state index in [1.807, 2.05) is 12.4 Å². The molecule has 2 aromatic rings. The van der Waals surface area contributed by atoms with Crippen molar-refractivity contribution in [2.45, 2.75) is 26.3 Å². The SMILES string of the molecule is Cc1cncc(-c2cccc(CN3CCCC3)c2)c1. The van der Waals surface area contributed by atoms with Crippen LogP contribution in [0.25, 0.3) is 11.1 Å². The van der Waals surface area contributed by atoms with E-state index in [-0.39, 0.29) is 0 Å². The fourth-order valence-electron chi connectivity index (χ4n) is 2.76. The van der Waals surface area contributed by atoms with Crippen LogP contribution in [-0.4, -0.2) is 23.0 Å². The van der Waals surface area contributed by atoms with Crippen molar-refractivity contribution < 1.29 is 0 Å². The summed E-state index contributed by atoms with van der Waals surface area (Å²) in [4.78, 5) is 6.82. The lowest BCUT2D eigenvalue weighted by molar-refractivity contribution is 0.331. The zero-order valence-corrected chi connectivity index (χ0v) is 11.5. The van der Waals surface area contributed by atoms with E-state index in [0.717, 1.165) is 6.54 Å². The summed E-state index contributed by atoms with van der Waals surface area (Å²) in [6.45, 7) is 5.66. The van der Waals surface area contributed by atoms with E-state index in [1.54, 1.807) is 0 Å². The molecule has 2 heteroatoms. The van der Waals surface area contributed by atoms with Gasteiger partial charge in [0.2, 0.25) is 0 Å². The first-order valence-corrected chi connectivity index (χ1v) is 7.04. The van der Waals surface area contributed by atoms with Gasteiger partial charge in [0, 0.05) is 24.5 Å². The van der Waals surface area contributed by atoms with Crippen LogP contribution >= 0.6 is 0 Å². The minimum Gasteiger partial charge on any atom is -0.299 e. The fourth-order valence-corrected chi connectivity index (χ4v) is 2.76. The Hall–Kier alpha value is -1.67. The molecule has 1 aliphatic heterocycles. The second kappa shape index (κ2) is 5.54. The van der Waals surface area contributed by atoms with Crippen molar-refractivity contribution in [2.75, 3.05) is 13.1 Å². The van der Waals surface area contributed by atoms with E-state index < -0.39 is 0 Å². The highest BCUT2D eigenvalue weighted by atomic mass is 15.1. The Labute approximate surface area is 115 Å². The highest BCUT2D eigenvalue weighted by Crippen LogP contribution is 2.22. The number of likely N-dealkylation sites (tertiary alicyclic amines) is 1. The van der Waals surface area contributed by atoms with Crippen LogP contribution in [0, 0.1) is 6.92 Å². The van der Waals surface area contributed by atoms with Crippen molar-refractivity contribution in [3.05, 3.63) is 53.9 Å². The Bertz CT molecular complexity index is 557. The zero-order chi connectivity index (χ0) is 13.1. The van der Waals surface area contributed by atoms with Gasteiger partial charge in [0.05, 0.1) is 0 Å². The standard InChI is InChI=1S/C17H20N2/c1-14-9-17(12-18-11-14)16-6-4-5-15(10-16)13-19-7-2-3-8-19/h4-6,9-12H,2-3,7-8,13H2,1H3. The lowest BCUT2D eigenvalue weighted by atomic mass is 10.0. The number of nitrogens with zero attached hydrogens (tertiary/aromatic N) is 2. The minimum atomic E-state index is 1.08. The fraction of sp³-hybridized carbons (Fsp3) is 0.353. The molecular weight excluding hydrogens is 232 g/mol. The predicted molar refractivity (Wildman–Crippen MR) is 78.9 cm³/mol. The molecule has 1 aromatic heterocycles. The molecule has 0 spiro atoms. The molecule has 1 saturated heterocycles. The van der Waals surface area contributed by atoms with Gasteiger partial charge < -0.3 is 0 Å². The molecule has 19 heavy (non-hydrogen) atoms. The molecule has 0 N–H and O–H groups in total. The third kappa shape index (κ3) is 3.02. The molecule has 2 heterocycles. The molecule has 98 valence electrons. The summed E-state index contributed by atoms with van der Waals surface area (Å²) in [6.07, 6.45) is 6.54. The first-order valence-electron chi connectivity index (χ1n) is 7.04. The molecule has 0 aliphatic carbocycles. The van der Waals surface area contributed by atoms with Crippen LogP contribution in [0.1, 0.15) is 24.0 Å². The van der Waals surface area contributed by atoms with E-state index in [2.05, 4.69) is 47.1 Å². The normalized spacial score (nSPS) is 15.8. The Morgan fingerprint density at radius 1 is 1.05 bits per heavy atom. The quantitative estimate of drug-likeness (QED) is 0.829. The predicted octanol–water partition coefficient (Wildman–Crippen LogP) is 3.65. The van der Waals surface area contributed by atoms with Crippen LogP contribution in [-0.2, 0) is 6.54 Å². The van der Waals surface area contributed by atoms with E-state index in [0.29, 0.717) is 0 Å². The highest BCUT2D eigenvalue weighted by Gasteiger charge is 2.11. The van der Waals surface area contributed by atoms with Crippen molar-refractivity contribution in [3.63, 3.8) is 0 Å². The summed E-state index contributed by atoms with van der Waals surface area (Å²) < 4.78 is 0. The molecule has 3 rings (SSSR count). The van der Waals surface area contributed by atoms with E-state index in [9.17, 15) is 0 Å². The number of hydrogen-bond acceptors (Lipinski definition) is 2. The summed E-state index contributed by atoms with van der Waals surface area (Å²) in [7, 11) is 0. The van der Waals surface area contributed by atoms with Gasteiger partial charge in [-0.3, -0.25) is 9.88 Å². The van der Waals surface area contributed by atoms with Gasteiger partial charge in [-0.2, -0.15) is 0 Å². The first-order chi connectivity index (χ1) is 9.31. The number of aromatic nitrogens is 1. The molecule has 1 aliphatic rings. The molecule has 2 nitrogen and oxygen atoms in total. The molecule has 0 bridgehead atoms. The number of pyridine rings is 1. The maximum absolute atomic E-state index is 4.28. The second-order valence-corrected chi connectivity index (χ2v) is 5.43. The highest BCUT2D eigenvalue weighted by molar-refractivity contribution is 5.63. The van der Waals surface area contributed by atoms with E-state index in [1.165, 1.54) is 48.2 Å². The van der Waals surface area contributed by atoms with Gasteiger partial charge in [-0.1, -0.05) is 18.2 Å². The van der Waals surface area contributed by atoms with Gasteiger partial charge in [-0.05, 0) is 61.7 Å². The molecule has 1 aromatic carbocycles. The largest absolute Gasteiger partial charge is 0.299 e. The topological polar surface area (TPSA) is 16.1 Å². The smallest absolute Gasteiger partial charge is 0.0346 e. The van der Waals surface area contributed by atoms with Crippen molar-refractivity contribution in [2.24, 2.45) is 0 Å². The van der Waals surface area contributed by atoms with Crippen LogP contribution in [0.15, 0.2) is 42.7 Å². The molecule has 1 fully saturated rings. The lowest BCUT2D eigenvalue weighted by Gasteiger charge is -2.15. The monoisotopic (exact) mass is 252 g/mol. The number of rotatable bonds is 3. The first kappa shape index (κ1) is 12.4. The number of aryl methyl sites for hydroxylation is 1. The van der Waals surface area contributed by atoms with Crippen molar-refractivity contribution in [1.29, 1.82) is 0 Å². The maximum atomic E-state index is 4.28. The lowest BCUT2D eigenvalue weighted by Crippen LogP contribution is -2.18. The van der Waals surface area contributed by atoms with Gasteiger partial charge >= 0.3 is 0 Å². The Balaban J connectivity index is 1.82. The van der Waals surface area contributed by atoms with Gasteiger partial charge in [-0.25, -0.2) is 0 Å². The Morgan fingerprint density at radius 2 is 1.89 bits per heavy atom. The summed E-state index contributed by atoms with van der Waals surface area (Å²) in [6, 6.07) is 11.1. The molecule has 0 amide bonds. The van der Waals surface area contributed by atoms with Crippen LogP contribution in [0.2, 0.25) is 0 Å². The molecular formula is C17H20N2. The Kier molecular flexibility index (Phi) is 3.60. The minimum absolute atomic E-state index is 1.08. The zero-order valence-electron chi connectivity index (χ0n) is 11.5. The van der Waals surface area contributed by atoms with Crippen LogP contribution in [0.4, 0.5) is 0 Å². The van der Waals surface area contributed by atoms with Gasteiger partial charge in [0.25, 0.3) is 0 Å². The Morgan fingerprint density at radius 3 is 2.68 bits per heavy atom. The number of benzene rings is 1. The molecule has 0 saturated carbocycles. The summed E-state index contributed by atoms with van der Waals surface area (Å²) in [5, 5.41) is 0. The average Bonchev–Trinajstić information content (AvgIpc) is 2.92. The van der Waals surface area contributed by atoms with Gasteiger partial charge in [-0.15, -0.1) is 0 Å². The third-order valence-corrected chi connectivity index (χ3v) is 3.74. The summed E-state index contributed by atoms with van der Waals surface area (Å²) in [5.41, 5.74) is 5.10. The van der Waals surface area contributed by atoms with Crippen LogP contribution in [0.5, 0.6) is 0 Å². The van der Waals surface area contributed by atoms with Crippen LogP contribution in [0.3, 0.4) is 0 Å². The van der Waals surface area contributed by atoms with E-state index >= 15 is 0 Å². The molecule has 0 radical (unpaired) electrons. The van der Waals surface area contributed by atoms with E-state index in [4.69, 9.17) is 0 Å². The van der Waals surface area contributed by atoms with Crippen molar-refractivity contribution in [1.82, 2.24) is 9.88 Å². The number of hydrogen-bond donors (Lipinski definition) is 0. The summed E-state index contributed by atoms with van der Waals surface area (Å²) >= 11 is 0. The second-order valence-electron chi connectivity index (χ2n) is 5.43. The van der Waals surface area contributed by atoms with Crippen molar-refractivity contribution >= 4 is 0 Å². The van der Waals surface area contributed by atoms with Gasteiger partial charge in [0.1, 0.15) is 0 Å². The summed E-state index contributed by atoms with van der Waals surface area (Å²) in [5.74, 6) is 0. The maximum Gasteiger partial charge on any atom is 0.0346 e. The molecule has 0 unspecified atom stereocenters. The third-order valence-electron chi connectivity index (χ3n) is 3.74. The average molecular weight is 252 g/mol. The van der Waals surface area contributed by atoms with Gasteiger partial charge in [0.15, 0.2) is 0 Å². The molecule has 0 atom stereocenters. The van der Waals surface area contributed by atoms with Crippen LogP contribution < -0.4 is 0 Å².